The average molecular weight is 264 g/mol. The van der Waals surface area contributed by atoms with E-state index in [9.17, 15) is 4.79 Å². The molecule has 2 rings (SSSR count). The Kier molecular flexibility index (Phi) is 4.30. The fraction of sp³-hybridized carbons (Fsp3) is 0.417. The van der Waals surface area contributed by atoms with Crippen LogP contribution in [0.5, 0.6) is 5.88 Å². The van der Waals surface area contributed by atoms with Gasteiger partial charge >= 0.3 is 0 Å². The molecule has 102 valence electrons. The number of nitrogens with zero attached hydrogens (tertiary/aromatic N) is 3. The Morgan fingerprint density at radius 3 is 3.05 bits per heavy atom. The molecule has 0 aliphatic rings. The first-order valence-corrected chi connectivity index (χ1v) is 6.01. The summed E-state index contributed by atoms with van der Waals surface area (Å²) in [5.74, 6) is 0.249. The molecule has 0 aromatic carbocycles. The fourth-order valence-corrected chi connectivity index (χ4v) is 1.56. The van der Waals surface area contributed by atoms with Crippen molar-refractivity contribution >= 4 is 11.6 Å². The zero-order valence-corrected chi connectivity index (χ0v) is 10.9. The van der Waals surface area contributed by atoms with Gasteiger partial charge in [-0.25, -0.2) is 9.50 Å². The first kappa shape index (κ1) is 13.3. The fourth-order valence-electron chi connectivity index (χ4n) is 1.56. The summed E-state index contributed by atoms with van der Waals surface area (Å²) in [4.78, 5) is 16.0. The van der Waals surface area contributed by atoms with E-state index in [4.69, 9.17) is 9.47 Å². The van der Waals surface area contributed by atoms with Gasteiger partial charge in [-0.3, -0.25) is 4.79 Å². The Balaban J connectivity index is 2.14. The molecule has 0 aliphatic carbocycles. The van der Waals surface area contributed by atoms with E-state index in [1.807, 2.05) is 6.92 Å². The number of aromatic nitrogens is 3. The van der Waals surface area contributed by atoms with Gasteiger partial charge in [0, 0.05) is 19.7 Å². The van der Waals surface area contributed by atoms with Crippen LogP contribution in [0.15, 0.2) is 18.3 Å². The van der Waals surface area contributed by atoms with Crippen LogP contribution >= 0.6 is 0 Å². The molecule has 2 aromatic rings. The van der Waals surface area contributed by atoms with Crippen molar-refractivity contribution in [3.05, 3.63) is 24.0 Å². The molecule has 0 fully saturated rings. The number of ether oxygens (including phenoxy) is 2. The standard InChI is InChI=1S/C12H16N4O3/c1-3-19-11-5-4-10-14-9(8-16(10)15-11)12(17)13-6-7-18-2/h4-5,8H,3,6-7H2,1-2H3,(H,13,17). The highest BCUT2D eigenvalue weighted by Crippen LogP contribution is 2.09. The number of imidazole rings is 1. The predicted octanol–water partition coefficient (Wildman–Crippen LogP) is 0.504. The maximum absolute atomic E-state index is 11.8. The first-order chi connectivity index (χ1) is 9.24. The normalized spacial score (nSPS) is 10.6. The summed E-state index contributed by atoms with van der Waals surface area (Å²) < 4.78 is 11.7. The lowest BCUT2D eigenvalue weighted by atomic mass is 10.4. The van der Waals surface area contributed by atoms with Crippen molar-refractivity contribution in [2.24, 2.45) is 0 Å². The number of fused-ring (bicyclic) bond motifs is 1. The Labute approximate surface area is 110 Å². The highest BCUT2D eigenvalue weighted by Gasteiger charge is 2.11. The van der Waals surface area contributed by atoms with Crippen molar-refractivity contribution in [3.8, 4) is 5.88 Å². The summed E-state index contributed by atoms with van der Waals surface area (Å²) in [5, 5.41) is 6.89. The minimum atomic E-state index is -0.250. The molecule has 2 aromatic heterocycles. The Hall–Kier alpha value is -2.15. The van der Waals surface area contributed by atoms with E-state index in [0.717, 1.165) is 0 Å². The highest BCUT2D eigenvalue weighted by atomic mass is 16.5. The Morgan fingerprint density at radius 1 is 1.47 bits per heavy atom. The second-order valence-electron chi connectivity index (χ2n) is 3.78. The molecule has 0 spiro atoms. The molecule has 0 radical (unpaired) electrons. The minimum Gasteiger partial charge on any atom is -0.477 e. The van der Waals surface area contributed by atoms with Crippen molar-refractivity contribution in [2.45, 2.75) is 6.92 Å². The molecule has 1 amide bonds. The van der Waals surface area contributed by atoms with Crippen LogP contribution in [0.2, 0.25) is 0 Å². The molecule has 2 heterocycles. The molecule has 0 bridgehead atoms. The predicted molar refractivity (Wildman–Crippen MR) is 68.4 cm³/mol. The van der Waals surface area contributed by atoms with E-state index in [-0.39, 0.29) is 5.91 Å². The van der Waals surface area contributed by atoms with Gasteiger partial charge in [0.1, 0.15) is 5.69 Å². The van der Waals surface area contributed by atoms with Gasteiger partial charge in [0.25, 0.3) is 5.91 Å². The van der Waals surface area contributed by atoms with Gasteiger partial charge in [0.2, 0.25) is 5.88 Å². The van der Waals surface area contributed by atoms with Gasteiger partial charge in [0.05, 0.1) is 19.4 Å². The van der Waals surface area contributed by atoms with Crippen LogP contribution in [0.25, 0.3) is 5.65 Å². The Morgan fingerprint density at radius 2 is 2.32 bits per heavy atom. The van der Waals surface area contributed by atoms with E-state index in [1.54, 1.807) is 25.4 Å². The maximum atomic E-state index is 11.8. The third-order valence-corrected chi connectivity index (χ3v) is 2.41. The van der Waals surface area contributed by atoms with Crippen LogP contribution in [0.1, 0.15) is 17.4 Å². The van der Waals surface area contributed by atoms with Crippen LogP contribution in [-0.4, -0.2) is 47.4 Å². The lowest BCUT2D eigenvalue weighted by molar-refractivity contribution is 0.0932. The molecule has 19 heavy (non-hydrogen) atoms. The number of hydrogen-bond donors (Lipinski definition) is 1. The molecule has 1 N–H and O–H groups in total. The van der Waals surface area contributed by atoms with Crippen molar-refractivity contribution in [1.82, 2.24) is 19.9 Å². The van der Waals surface area contributed by atoms with Crippen molar-refractivity contribution in [3.63, 3.8) is 0 Å². The van der Waals surface area contributed by atoms with Gasteiger partial charge < -0.3 is 14.8 Å². The number of rotatable bonds is 6. The summed E-state index contributed by atoms with van der Waals surface area (Å²) in [5.41, 5.74) is 0.914. The summed E-state index contributed by atoms with van der Waals surface area (Å²) in [6, 6.07) is 3.47. The summed E-state index contributed by atoms with van der Waals surface area (Å²) in [6.07, 6.45) is 1.57. The molecule has 7 heteroatoms. The third kappa shape index (κ3) is 3.19. The van der Waals surface area contributed by atoms with E-state index in [1.165, 1.54) is 4.52 Å². The second kappa shape index (κ2) is 6.14. The quantitative estimate of drug-likeness (QED) is 0.769. The van der Waals surface area contributed by atoms with Gasteiger partial charge in [-0.05, 0) is 13.0 Å². The van der Waals surface area contributed by atoms with Gasteiger partial charge in [-0.1, -0.05) is 0 Å². The summed E-state index contributed by atoms with van der Waals surface area (Å²) in [6.45, 7) is 3.33. The lowest BCUT2D eigenvalue weighted by Gasteiger charge is -2.00. The van der Waals surface area contributed by atoms with Gasteiger partial charge in [-0.15, -0.1) is 5.10 Å². The molecule has 0 aliphatic heterocycles. The Bertz CT molecular complexity index is 567. The van der Waals surface area contributed by atoms with Crippen molar-refractivity contribution in [2.75, 3.05) is 26.9 Å². The van der Waals surface area contributed by atoms with E-state index in [0.29, 0.717) is 37.0 Å². The topological polar surface area (TPSA) is 77.8 Å². The van der Waals surface area contributed by atoms with Crippen LogP contribution in [0, 0.1) is 0 Å². The average Bonchev–Trinajstić information content (AvgIpc) is 2.82. The molecule has 0 unspecified atom stereocenters. The largest absolute Gasteiger partial charge is 0.477 e. The molecule has 0 atom stereocenters. The van der Waals surface area contributed by atoms with E-state index < -0.39 is 0 Å². The molecule has 0 saturated carbocycles. The first-order valence-electron chi connectivity index (χ1n) is 6.01. The minimum absolute atomic E-state index is 0.250. The van der Waals surface area contributed by atoms with Crippen molar-refractivity contribution in [1.29, 1.82) is 0 Å². The van der Waals surface area contributed by atoms with E-state index in [2.05, 4.69) is 15.4 Å². The van der Waals surface area contributed by atoms with Crippen molar-refractivity contribution < 1.29 is 14.3 Å². The SMILES string of the molecule is CCOc1ccc2nc(C(=O)NCCOC)cn2n1. The van der Waals surface area contributed by atoms with Crippen LogP contribution in [0.3, 0.4) is 0 Å². The smallest absolute Gasteiger partial charge is 0.271 e. The van der Waals surface area contributed by atoms with Crippen LogP contribution < -0.4 is 10.1 Å². The maximum Gasteiger partial charge on any atom is 0.271 e. The molecular formula is C12H16N4O3. The van der Waals surface area contributed by atoms with Gasteiger partial charge in [0.15, 0.2) is 5.65 Å². The molecule has 0 saturated heterocycles. The van der Waals surface area contributed by atoms with Crippen LogP contribution in [-0.2, 0) is 4.74 Å². The van der Waals surface area contributed by atoms with Crippen LogP contribution in [0.4, 0.5) is 0 Å². The zero-order chi connectivity index (χ0) is 13.7. The number of carbonyl (C=O) groups is 1. The number of amides is 1. The highest BCUT2D eigenvalue weighted by molar-refractivity contribution is 5.92. The molecule has 7 nitrogen and oxygen atoms in total. The third-order valence-electron chi connectivity index (χ3n) is 2.41. The number of methoxy groups -OCH3 is 1. The number of nitrogens with one attached hydrogen (secondary N) is 1. The monoisotopic (exact) mass is 264 g/mol. The number of hydrogen-bond acceptors (Lipinski definition) is 5. The lowest BCUT2D eigenvalue weighted by Crippen LogP contribution is -2.27. The van der Waals surface area contributed by atoms with Gasteiger partial charge in [-0.2, -0.15) is 0 Å². The van der Waals surface area contributed by atoms with E-state index >= 15 is 0 Å². The zero-order valence-electron chi connectivity index (χ0n) is 10.9. The number of carbonyl (C=O) groups excluding carboxylic acids is 1. The molecular weight excluding hydrogens is 248 g/mol. The summed E-state index contributed by atoms with van der Waals surface area (Å²) in [7, 11) is 1.58. The summed E-state index contributed by atoms with van der Waals surface area (Å²) >= 11 is 0. The second-order valence-corrected chi connectivity index (χ2v) is 3.78.